The average Bonchev–Trinajstić information content (AvgIpc) is 3.39. The molecule has 1 fully saturated rings. The molecule has 2 aliphatic carbocycles. The maximum absolute atomic E-state index is 10.5. The molecule has 29 heavy (non-hydrogen) atoms. The summed E-state index contributed by atoms with van der Waals surface area (Å²) in [5.41, 5.74) is 4.13. The summed E-state index contributed by atoms with van der Waals surface area (Å²) in [6.07, 6.45) is 0.555. The van der Waals surface area contributed by atoms with Crippen molar-refractivity contribution in [2.45, 2.75) is 43.4 Å². The fourth-order valence-electron chi connectivity index (χ4n) is 4.85. The SMILES string of the molecule is OC[C@H]1C[C@@H](c2ccc3c(N[C@@H]4CCc5ccccc54)nc(Cl)nn23)[C@H](O)[C@@H]1O. The van der Waals surface area contributed by atoms with Gasteiger partial charge in [-0.05, 0) is 54.1 Å². The second kappa shape index (κ2) is 7.25. The highest BCUT2D eigenvalue weighted by molar-refractivity contribution is 6.28. The van der Waals surface area contributed by atoms with Crippen LogP contribution in [0.5, 0.6) is 0 Å². The van der Waals surface area contributed by atoms with Crippen LogP contribution in [0.15, 0.2) is 36.4 Å². The number of anilines is 1. The van der Waals surface area contributed by atoms with Gasteiger partial charge in [-0.15, -0.1) is 5.10 Å². The van der Waals surface area contributed by atoms with Crippen LogP contribution in [-0.4, -0.2) is 48.7 Å². The second-order valence-corrected chi connectivity index (χ2v) is 8.32. The van der Waals surface area contributed by atoms with Crippen LogP contribution in [0.3, 0.4) is 0 Å². The normalized spacial score (nSPS) is 28.8. The Labute approximate surface area is 173 Å². The highest BCUT2D eigenvalue weighted by Gasteiger charge is 2.43. The lowest BCUT2D eigenvalue weighted by Crippen LogP contribution is -2.29. The number of aryl methyl sites for hydroxylation is 1. The van der Waals surface area contributed by atoms with E-state index in [1.807, 2.05) is 18.2 Å². The Hall–Kier alpha value is -2.19. The predicted molar refractivity (Wildman–Crippen MR) is 109 cm³/mol. The van der Waals surface area contributed by atoms with E-state index in [-0.39, 0.29) is 29.8 Å². The molecular weight excluding hydrogens is 392 g/mol. The number of fused-ring (bicyclic) bond motifs is 2. The largest absolute Gasteiger partial charge is 0.396 e. The van der Waals surface area contributed by atoms with Gasteiger partial charge < -0.3 is 20.6 Å². The smallest absolute Gasteiger partial charge is 0.243 e. The van der Waals surface area contributed by atoms with Gasteiger partial charge >= 0.3 is 0 Å². The zero-order valence-corrected chi connectivity index (χ0v) is 16.5. The van der Waals surface area contributed by atoms with Gasteiger partial charge in [-0.25, -0.2) is 4.52 Å². The van der Waals surface area contributed by atoms with Crippen LogP contribution < -0.4 is 5.32 Å². The van der Waals surface area contributed by atoms with E-state index in [1.165, 1.54) is 11.1 Å². The molecule has 1 aromatic carbocycles. The molecule has 2 aliphatic rings. The number of aromatic nitrogens is 3. The van der Waals surface area contributed by atoms with Gasteiger partial charge in [0.25, 0.3) is 0 Å². The highest BCUT2D eigenvalue weighted by Crippen LogP contribution is 2.40. The van der Waals surface area contributed by atoms with Crippen molar-refractivity contribution in [1.29, 1.82) is 0 Å². The molecule has 7 nitrogen and oxygen atoms in total. The summed E-state index contributed by atoms with van der Waals surface area (Å²) in [6.45, 7) is -0.165. The number of benzene rings is 1. The van der Waals surface area contributed by atoms with E-state index in [2.05, 4.69) is 33.6 Å². The van der Waals surface area contributed by atoms with Gasteiger partial charge in [-0.1, -0.05) is 24.3 Å². The number of aliphatic hydroxyl groups excluding tert-OH is 3. The van der Waals surface area contributed by atoms with Crippen molar-refractivity contribution < 1.29 is 15.3 Å². The maximum atomic E-state index is 10.5. The molecule has 0 aliphatic heterocycles. The minimum Gasteiger partial charge on any atom is -0.396 e. The molecule has 152 valence electrons. The van der Waals surface area contributed by atoms with Crippen molar-refractivity contribution in [2.24, 2.45) is 5.92 Å². The molecule has 4 N–H and O–H groups in total. The van der Waals surface area contributed by atoms with E-state index in [9.17, 15) is 15.3 Å². The van der Waals surface area contributed by atoms with E-state index in [0.717, 1.165) is 24.1 Å². The number of nitrogens with one attached hydrogen (secondary N) is 1. The minimum atomic E-state index is -0.961. The van der Waals surface area contributed by atoms with Crippen molar-refractivity contribution in [2.75, 3.05) is 11.9 Å². The maximum Gasteiger partial charge on any atom is 0.243 e. The topological polar surface area (TPSA) is 103 Å². The Kier molecular flexibility index (Phi) is 4.70. The Morgan fingerprint density at radius 2 is 1.97 bits per heavy atom. The van der Waals surface area contributed by atoms with E-state index in [1.54, 1.807) is 4.52 Å². The Morgan fingerprint density at radius 1 is 1.14 bits per heavy atom. The molecule has 3 aromatic rings. The van der Waals surface area contributed by atoms with Gasteiger partial charge in [0.15, 0.2) is 5.82 Å². The zero-order valence-electron chi connectivity index (χ0n) is 15.7. The molecule has 5 atom stereocenters. The first-order valence-electron chi connectivity index (χ1n) is 9.93. The summed E-state index contributed by atoms with van der Waals surface area (Å²) >= 11 is 6.23. The van der Waals surface area contributed by atoms with Crippen LogP contribution in [0.1, 0.15) is 41.6 Å². The number of aliphatic hydroxyl groups is 3. The summed E-state index contributed by atoms with van der Waals surface area (Å²) < 4.78 is 1.69. The summed E-state index contributed by atoms with van der Waals surface area (Å²) in [6, 6.07) is 12.3. The molecule has 0 bridgehead atoms. The Bertz CT molecular complexity index is 1060. The number of hydrogen-bond acceptors (Lipinski definition) is 6. The molecule has 0 radical (unpaired) electrons. The molecule has 0 spiro atoms. The Balaban J connectivity index is 1.51. The summed E-state index contributed by atoms with van der Waals surface area (Å²) in [5, 5.41) is 38.1. The second-order valence-electron chi connectivity index (χ2n) is 7.99. The first kappa shape index (κ1) is 18.8. The Morgan fingerprint density at radius 3 is 2.76 bits per heavy atom. The molecule has 2 heterocycles. The van der Waals surface area contributed by atoms with Crippen LogP contribution in [0, 0.1) is 5.92 Å². The van der Waals surface area contributed by atoms with Crippen molar-refractivity contribution in [3.05, 3.63) is 58.5 Å². The number of hydrogen-bond donors (Lipinski definition) is 4. The number of halogens is 1. The molecule has 1 saturated carbocycles. The van der Waals surface area contributed by atoms with Crippen LogP contribution >= 0.6 is 11.6 Å². The average molecular weight is 415 g/mol. The van der Waals surface area contributed by atoms with E-state index in [4.69, 9.17) is 11.6 Å². The summed E-state index contributed by atoms with van der Waals surface area (Å²) in [7, 11) is 0. The first-order valence-corrected chi connectivity index (χ1v) is 10.3. The van der Waals surface area contributed by atoms with Crippen molar-refractivity contribution in [3.63, 3.8) is 0 Å². The summed E-state index contributed by atoms with van der Waals surface area (Å²) in [4.78, 5) is 4.41. The van der Waals surface area contributed by atoms with Gasteiger partial charge in [0, 0.05) is 24.1 Å². The van der Waals surface area contributed by atoms with Crippen molar-refractivity contribution >= 4 is 22.9 Å². The van der Waals surface area contributed by atoms with Gasteiger partial charge in [0.1, 0.15) is 5.52 Å². The first-order chi connectivity index (χ1) is 14.1. The molecular formula is C21H23ClN4O3. The molecule has 0 amide bonds. The number of nitrogens with zero attached hydrogens (tertiary/aromatic N) is 3. The third-order valence-electron chi connectivity index (χ3n) is 6.37. The summed E-state index contributed by atoms with van der Waals surface area (Å²) in [5.74, 6) is -0.0502. The molecule has 0 unspecified atom stereocenters. The third-order valence-corrected chi connectivity index (χ3v) is 6.53. The van der Waals surface area contributed by atoms with Crippen molar-refractivity contribution in [1.82, 2.24) is 14.6 Å². The van der Waals surface area contributed by atoms with Gasteiger partial charge in [-0.2, -0.15) is 4.98 Å². The molecule has 0 saturated heterocycles. The van der Waals surface area contributed by atoms with Crippen LogP contribution in [0.25, 0.3) is 5.52 Å². The standard InChI is InChI=1S/C21H23ClN4O3/c22-21-24-20(23-15-6-5-11-3-1-2-4-13(11)15)17-8-7-16(26(17)25-21)14-9-12(10-27)18(28)19(14)29/h1-4,7-8,12,14-15,18-19,27-29H,5-6,9-10H2,(H,23,24,25)/t12-,14+,15-,18-,19+/m1/s1. The quantitative estimate of drug-likeness (QED) is 0.522. The minimum absolute atomic E-state index is 0.107. The van der Waals surface area contributed by atoms with E-state index in [0.29, 0.717) is 12.2 Å². The highest BCUT2D eigenvalue weighted by atomic mass is 35.5. The fourth-order valence-corrected chi connectivity index (χ4v) is 5.01. The lowest BCUT2D eigenvalue weighted by atomic mass is 10.0. The van der Waals surface area contributed by atoms with Crippen LogP contribution in [0.2, 0.25) is 5.28 Å². The van der Waals surface area contributed by atoms with E-state index < -0.39 is 12.2 Å². The zero-order chi connectivity index (χ0) is 20.1. The fraction of sp³-hybridized carbons (Fsp3) is 0.429. The molecule has 5 rings (SSSR count). The van der Waals surface area contributed by atoms with Crippen LogP contribution in [0.4, 0.5) is 5.82 Å². The third kappa shape index (κ3) is 3.09. The van der Waals surface area contributed by atoms with Gasteiger partial charge in [-0.3, -0.25) is 0 Å². The van der Waals surface area contributed by atoms with Crippen LogP contribution in [-0.2, 0) is 6.42 Å². The number of rotatable bonds is 4. The molecule has 2 aromatic heterocycles. The lowest BCUT2D eigenvalue weighted by Gasteiger charge is -2.18. The molecule has 8 heteroatoms. The van der Waals surface area contributed by atoms with Gasteiger partial charge in [0.05, 0.1) is 18.2 Å². The predicted octanol–water partition coefficient (Wildman–Crippen LogP) is 2.30. The monoisotopic (exact) mass is 414 g/mol. The van der Waals surface area contributed by atoms with Crippen molar-refractivity contribution in [3.8, 4) is 0 Å². The van der Waals surface area contributed by atoms with E-state index >= 15 is 0 Å². The van der Waals surface area contributed by atoms with Gasteiger partial charge in [0.2, 0.25) is 5.28 Å². The lowest BCUT2D eigenvalue weighted by molar-refractivity contribution is 0.00190.